The van der Waals surface area contributed by atoms with Crippen LogP contribution in [0.1, 0.15) is 17.2 Å². The highest BCUT2D eigenvalue weighted by Crippen LogP contribution is 2.24. The zero-order valence-corrected chi connectivity index (χ0v) is 10.1. The Bertz CT molecular complexity index is 485. The fourth-order valence-corrected chi connectivity index (χ4v) is 1.93. The highest BCUT2D eigenvalue weighted by Gasteiger charge is 2.13. The van der Waals surface area contributed by atoms with Crippen LogP contribution in [0.3, 0.4) is 0 Å². The van der Waals surface area contributed by atoms with Gasteiger partial charge in [0.1, 0.15) is 5.82 Å². The molecule has 0 aliphatic carbocycles. The van der Waals surface area contributed by atoms with Crippen LogP contribution in [0, 0.1) is 5.82 Å². The molecule has 2 rings (SSSR count). The highest BCUT2D eigenvalue weighted by atomic mass is 79.9. The lowest BCUT2D eigenvalue weighted by Gasteiger charge is -2.13. The Kier molecular flexibility index (Phi) is 3.36. The zero-order chi connectivity index (χ0) is 11.5. The van der Waals surface area contributed by atoms with Crippen molar-refractivity contribution in [1.82, 2.24) is 0 Å². The molecule has 0 aliphatic rings. The summed E-state index contributed by atoms with van der Waals surface area (Å²) in [6.07, 6.45) is 0. The van der Waals surface area contributed by atoms with Crippen molar-refractivity contribution in [2.24, 2.45) is 5.73 Å². The van der Waals surface area contributed by atoms with Gasteiger partial charge in [0.25, 0.3) is 0 Å². The van der Waals surface area contributed by atoms with Gasteiger partial charge >= 0.3 is 0 Å². The maximum atomic E-state index is 13.7. The Morgan fingerprint density at radius 2 is 1.75 bits per heavy atom. The SMILES string of the molecule is N[C@@H](c1ccccc1)c1ccc(Br)cc1F. The molecule has 1 atom stereocenters. The predicted molar refractivity (Wildman–Crippen MR) is 66.6 cm³/mol. The van der Waals surface area contributed by atoms with Gasteiger partial charge in [0.2, 0.25) is 0 Å². The molecule has 16 heavy (non-hydrogen) atoms. The Morgan fingerprint density at radius 1 is 1.06 bits per heavy atom. The predicted octanol–water partition coefficient (Wildman–Crippen LogP) is 3.64. The standard InChI is InChI=1S/C13H11BrFN/c14-10-6-7-11(12(15)8-10)13(16)9-4-2-1-3-5-9/h1-8,13H,16H2/t13-/m0/s1. The first-order valence-electron chi connectivity index (χ1n) is 4.94. The third-order valence-corrected chi connectivity index (χ3v) is 2.95. The molecule has 3 heteroatoms. The molecule has 0 aromatic heterocycles. The number of hydrogen-bond acceptors (Lipinski definition) is 1. The minimum absolute atomic E-state index is 0.286. The molecule has 0 bridgehead atoms. The van der Waals surface area contributed by atoms with Crippen LogP contribution in [0.5, 0.6) is 0 Å². The van der Waals surface area contributed by atoms with Gasteiger partial charge in [0.05, 0.1) is 6.04 Å². The first-order chi connectivity index (χ1) is 7.68. The van der Waals surface area contributed by atoms with E-state index in [1.165, 1.54) is 6.07 Å². The normalized spacial score (nSPS) is 12.4. The van der Waals surface area contributed by atoms with Crippen molar-refractivity contribution in [2.45, 2.75) is 6.04 Å². The summed E-state index contributed by atoms with van der Waals surface area (Å²) < 4.78 is 14.4. The van der Waals surface area contributed by atoms with Gasteiger partial charge < -0.3 is 5.73 Å². The monoisotopic (exact) mass is 279 g/mol. The van der Waals surface area contributed by atoms with E-state index in [1.807, 2.05) is 30.3 Å². The molecule has 0 unspecified atom stereocenters. The molecule has 1 nitrogen and oxygen atoms in total. The van der Waals surface area contributed by atoms with E-state index in [2.05, 4.69) is 15.9 Å². The summed E-state index contributed by atoms with van der Waals surface area (Å²) in [6.45, 7) is 0. The molecule has 0 aliphatic heterocycles. The van der Waals surface area contributed by atoms with Gasteiger partial charge in [-0.2, -0.15) is 0 Å². The zero-order valence-electron chi connectivity index (χ0n) is 8.53. The van der Waals surface area contributed by atoms with Crippen LogP contribution >= 0.6 is 15.9 Å². The van der Waals surface area contributed by atoms with Crippen molar-refractivity contribution in [3.8, 4) is 0 Å². The maximum absolute atomic E-state index is 13.7. The van der Waals surface area contributed by atoms with Crippen LogP contribution in [-0.2, 0) is 0 Å². The Hall–Kier alpha value is -1.19. The van der Waals surface area contributed by atoms with E-state index in [1.54, 1.807) is 12.1 Å². The summed E-state index contributed by atoms with van der Waals surface area (Å²) in [6, 6.07) is 14.0. The molecule has 0 radical (unpaired) electrons. The molecule has 0 saturated carbocycles. The molecule has 2 aromatic carbocycles. The van der Waals surface area contributed by atoms with E-state index in [0.717, 1.165) is 5.56 Å². The molecule has 0 saturated heterocycles. The smallest absolute Gasteiger partial charge is 0.129 e. The largest absolute Gasteiger partial charge is 0.320 e. The molecule has 0 fully saturated rings. The fraction of sp³-hybridized carbons (Fsp3) is 0.0769. The van der Waals surface area contributed by atoms with Gasteiger partial charge in [-0.05, 0) is 17.7 Å². The lowest BCUT2D eigenvalue weighted by Crippen LogP contribution is -2.13. The summed E-state index contributed by atoms with van der Waals surface area (Å²) in [5, 5.41) is 0. The van der Waals surface area contributed by atoms with Gasteiger partial charge in [-0.15, -0.1) is 0 Å². The minimum Gasteiger partial charge on any atom is -0.320 e. The minimum atomic E-state index is -0.422. The quantitative estimate of drug-likeness (QED) is 0.893. The number of rotatable bonds is 2. The van der Waals surface area contributed by atoms with Gasteiger partial charge in [0, 0.05) is 10.0 Å². The fourth-order valence-electron chi connectivity index (χ4n) is 1.59. The second kappa shape index (κ2) is 4.76. The Morgan fingerprint density at radius 3 is 2.38 bits per heavy atom. The first kappa shape index (κ1) is 11.3. The summed E-state index contributed by atoms with van der Waals surface area (Å²) in [4.78, 5) is 0. The number of hydrogen-bond donors (Lipinski definition) is 1. The lowest BCUT2D eigenvalue weighted by atomic mass is 9.99. The summed E-state index contributed by atoms with van der Waals surface area (Å²) >= 11 is 3.22. The van der Waals surface area contributed by atoms with Crippen molar-refractivity contribution in [3.05, 3.63) is 69.9 Å². The molecule has 0 spiro atoms. The third-order valence-electron chi connectivity index (χ3n) is 2.46. The number of nitrogens with two attached hydrogens (primary N) is 1. The number of halogens is 2. The molecular formula is C13H11BrFN. The van der Waals surface area contributed by atoms with Crippen molar-refractivity contribution >= 4 is 15.9 Å². The van der Waals surface area contributed by atoms with E-state index < -0.39 is 6.04 Å². The molecule has 2 aromatic rings. The van der Waals surface area contributed by atoms with E-state index in [-0.39, 0.29) is 5.82 Å². The third kappa shape index (κ3) is 2.31. The molecule has 0 heterocycles. The van der Waals surface area contributed by atoms with Crippen molar-refractivity contribution in [2.75, 3.05) is 0 Å². The molecule has 0 amide bonds. The van der Waals surface area contributed by atoms with E-state index >= 15 is 0 Å². The van der Waals surface area contributed by atoms with Crippen LogP contribution < -0.4 is 5.73 Å². The van der Waals surface area contributed by atoms with Gasteiger partial charge in [-0.25, -0.2) is 4.39 Å². The van der Waals surface area contributed by atoms with Gasteiger partial charge in [-0.1, -0.05) is 52.3 Å². The average Bonchev–Trinajstić information content (AvgIpc) is 2.29. The summed E-state index contributed by atoms with van der Waals surface area (Å²) in [5.41, 5.74) is 7.43. The van der Waals surface area contributed by atoms with Crippen LogP contribution in [0.4, 0.5) is 4.39 Å². The molecule has 82 valence electrons. The lowest BCUT2D eigenvalue weighted by molar-refractivity contribution is 0.599. The van der Waals surface area contributed by atoms with Crippen LogP contribution in [0.2, 0.25) is 0 Å². The summed E-state index contributed by atoms with van der Waals surface area (Å²) in [7, 11) is 0. The number of benzene rings is 2. The van der Waals surface area contributed by atoms with Crippen LogP contribution in [0.25, 0.3) is 0 Å². The van der Waals surface area contributed by atoms with Crippen LogP contribution in [-0.4, -0.2) is 0 Å². The van der Waals surface area contributed by atoms with E-state index in [4.69, 9.17) is 5.73 Å². The second-order valence-corrected chi connectivity index (χ2v) is 4.47. The van der Waals surface area contributed by atoms with Gasteiger partial charge in [-0.3, -0.25) is 0 Å². The topological polar surface area (TPSA) is 26.0 Å². The van der Waals surface area contributed by atoms with Crippen LogP contribution in [0.15, 0.2) is 53.0 Å². The van der Waals surface area contributed by atoms with E-state index in [0.29, 0.717) is 10.0 Å². The highest BCUT2D eigenvalue weighted by molar-refractivity contribution is 9.10. The van der Waals surface area contributed by atoms with Gasteiger partial charge in [0.15, 0.2) is 0 Å². The Balaban J connectivity index is 2.38. The summed E-state index contributed by atoms with van der Waals surface area (Å²) in [5.74, 6) is -0.286. The Labute approximate surface area is 102 Å². The molecular weight excluding hydrogens is 269 g/mol. The maximum Gasteiger partial charge on any atom is 0.129 e. The molecule has 2 N–H and O–H groups in total. The van der Waals surface area contributed by atoms with E-state index in [9.17, 15) is 4.39 Å². The van der Waals surface area contributed by atoms with Crippen molar-refractivity contribution in [1.29, 1.82) is 0 Å². The second-order valence-electron chi connectivity index (χ2n) is 3.55. The van der Waals surface area contributed by atoms with Crippen molar-refractivity contribution < 1.29 is 4.39 Å². The van der Waals surface area contributed by atoms with Crippen molar-refractivity contribution in [3.63, 3.8) is 0 Å². The first-order valence-corrected chi connectivity index (χ1v) is 5.73. The average molecular weight is 280 g/mol.